The van der Waals surface area contributed by atoms with Gasteiger partial charge in [0.25, 0.3) is 5.91 Å². The van der Waals surface area contributed by atoms with Crippen molar-refractivity contribution in [2.24, 2.45) is 5.92 Å². The Bertz CT molecular complexity index is 1130. The van der Waals surface area contributed by atoms with E-state index in [1.807, 2.05) is 30.3 Å². The summed E-state index contributed by atoms with van der Waals surface area (Å²) in [5, 5.41) is 10.8. The Balaban J connectivity index is 1.56. The highest BCUT2D eigenvalue weighted by Crippen LogP contribution is 2.33. The highest BCUT2D eigenvalue weighted by atomic mass is 19.4. The molecule has 1 aliphatic rings. The first-order valence-electron chi connectivity index (χ1n) is 10.1. The van der Waals surface area contributed by atoms with E-state index >= 15 is 0 Å². The summed E-state index contributed by atoms with van der Waals surface area (Å²) in [6.07, 6.45) is -0.749. The molecular formula is C22H21F3N6O2. The number of pyridine rings is 1. The van der Waals surface area contributed by atoms with Crippen LogP contribution in [0, 0.1) is 5.92 Å². The number of carbonyl (C=O) groups excluding carboxylic acids is 1. The number of allylic oxidation sites excluding steroid dienone is 1. The van der Waals surface area contributed by atoms with Crippen molar-refractivity contribution < 1.29 is 22.7 Å². The zero-order chi connectivity index (χ0) is 23.4. The second-order valence-electron chi connectivity index (χ2n) is 7.53. The molecule has 11 heteroatoms. The van der Waals surface area contributed by atoms with Crippen molar-refractivity contribution in [2.75, 3.05) is 12.3 Å². The van der Waals surface area contributed by atoms with Gasteiger partial charge in [-0.3, -0.25) is 4.79 Å². The Morgan fingerprint density at radius 3 is 2.70 bits per heavy atom. The van der Waals surface area contributed by atoms with E-state index in [1.165, 1.54) is 29.0 Å². The van der Waals surface area contributed by atoms with Gasteiger partial charge in [0.2, 0.25) is 0 Å². The van der Waals surface area contributed by atoms with Gasteiger partial charge in [0.15, 0.2) is 11.6 Å². The van der Waals surface area contributed by atoms with Crippen LogP contribution in [0.1, 0.15) is 33.6 Å². The van der Waals surface area contributed by atoms with Crippen LogP contribution in [0.25, 0.3) is 6.08 Å². The van der Waals surface area contributed by atoms with Crippen LogP contribution >= 0.6 is 0 Å². The Labute approximate surface area is 187 Å². The van der Waals surface area contributed by atoms with Crippen LogP contribution < -0.4 is 11.1 Å². The minimum Gasteiger partial charge on any atom is -0.384 e. The van der Waals surface area contributed by atoms with Gasteiger partial charge in [0.05, 0.1) is 24.7 Å². The number of nitrogens with two attached hydrogens (primary N) is 1. The van der Waals surface area contributed by atoms with E-state index in [1.54, 1.807) is 0 Å². The summed E-state index contributed by atoms with van der Waals surface area (Å²) < 4.78 is 47.1. The number of fused-ring (bicyclic) bond motifs is 1. The molecule has 1 amide bonds. The Morgan fingerprint density at radius 1 is 1.21 bits per heavy atom. The lowest BCUT2D eigenvalue weighted by atomic mass is 10.1. The molecule has 0 aliphatic carbocycles. The predicted molar refractivity (Wildman–Crippen MR) is 114 cm³/mol. The van der Waals surface area contributed by atoms with E-state index in [4.69, 9.17) is 10.5 Å². The van der Waals surface area contributed by atoms with E-state index in [0.29, 0.717) is 0 Å². The number of alkyl halides is 3. The van der Waals surface area contributed by atoms with Gasteiger partial charge >= 0.3 is 6.18 Å². The topological polar surface area (TPSA) is 108 Å². The van der Waals surface area contributed by atoms with Gasteiger partial charge in [-0.05, 0) is 23.8 Å². The van der Waals surface area contributed by atoms with Crippen LogP contribution in [0.5, 0.6) is 0 Å². The number of rotatable bonds is 7. The summed E-state index contributed by atoms with van der Waals surface area (Å²) in [5.41, 5.74) is 6.72. The average Bonchev–Trinajstić information content (AvgIpc) is 3.22. The number of hydrogen-bond acceptors (Lipinski definition) is 6. The molecule has 0 bridgehead atoms. The number of ether oxygens (including phenoxy) is 1. The number of amides is 1. The maximum absolute atomic E-state index is 13.3. The zero-order valence-electron chi connectivity index (χ0n) is 17.4. The molecule has 0 fully saturated rings. The number of carbonyl (C=O) groups is 1. The van der Waals surface area contributed by atoms with E-state index in [2.05, 4.69) is 20.5 Å². The van der Waals surface area contributed by atoms with Gasteiger partial charge in [-0.2, -0.15) is 13.2 Å². The summed E-state index contributed by atoms with van der Waals surface area (Å²) >= 11 is 0. The Morgan fingerprint density at radius 2 is 2.00 bits per heavy atom. The fourth-order valence-electron chi connectivity index (χ4n) is 3.40. The first-order chi connectivity index (χ1) is 15.8. The smallest absolute Gasteiger partial charge is 0.384 e. The van der Waals surface area contributed by atoms with Crippen LogP contribution in [-0.2, 0) is 17.9 Å². The van der Waals surface area contributed by atoms with Crippen LogP contribution in [0.3, 0.4) is 0 Å². The lowest BCUT2D eigenvalue weighted by Crippen LogP contribution is -2.35. The van der Waals surface area contributed by atoms with Crippen LogP contribution in [-0.4, -0.2) is 38.4 Å². The molecule has 4 rings (SSSR count). The zero-order valence-corrected chi connectivity index (χ0v) is 17.4. The maximum atomic E-state index is 13.3. The molecule has 3 aromatic rings. The van der Waals surface area contributed by atoms with Crippen molar-refractivity contribution in [3.05, 3.63) is 77.5 Å². The van der Waals surface area contributed by atoms with Gasteiger partial charge in [-0.1, -0.05) is 36.4 Å². The monoisotopic (exact) mass is 458 g/mol. The quantitative estimate of drug-likeness (QED) is 0.563. The SMILES string of the molecule is Nc1ccc(C(=O)N[C@H](COCc2ccccc2)c2nnc3n2CC(C(F)(F)F)C=C3)cn1. The highest BCUT2D eigenvalue weighted by Gasteiger charge is 2.40. The van der Waals surface area contributed by atoms with Crippen molar-refractivity contribution in [1.29, 1.82) is 0 Å². The molecule has 1 unspecified atom stereocenters. The van der Waals surface area contributed by atoms with E-state index in [9.17, 15) is 18.0 Å². The van der Waals surface area contributed by atoms with Gasteiger partial charge in [-0.15, -0.1) is 10.2 Å². The van der Waals surface area contributed by atoms with E-state index in [0.717, 1.165) is 11.6 Å². The number of nitrogen functional groups attached to an aromatic ring is 1. The van der Waals surface area contributed by atoms with Gasteiger partial charge in [-0.25, -0.2) is 4.98 Å². The number of aromatic nitrogens is 4. The molecular weight excluding hydrogens is 437 g/mol. The molecule has 3 heterocycles. The summed E-state index contributed by atoms with van der Waals surface area (Å²) in [4.78, 5) is 16.7. The number of benzene rings is 1. The molecule has 1 aromatic carbocycles. The second kappa shape index (κ2) is 9.41. The number of nitrogens with zero attached hydrogens (tertiary/aromatic N) is 4. The standard InChI is InChI=1S/C22H21F3N6O2/c23-22(24,25)16-7-9-19-29-30-20(31(19)11-16)17(13-33-12-14-4-2-1-3-5-14)28-21(32)15-6-8-18(26)27-10-15/h1-10,16-17H,11-13H2,(H2,26,27)(H,28,32)/t16?,17-/m1/s1. The van der Waals surface area contributed by atoms with Crippen molar-refractivity contribution in [3.8, 4) is 0 Å². The molecule has 0 saturated carbocycles. The van der Waals surface area contributed by atoms with Gasteiger partial charge < -0.3 is 20.4 Å². The van der Waals surface area contributed by atoms with Crippen LogP contribution in [0.15, 0.2) is 54.7 Å². The Hall–Kier alpha value is -3.73. The summed E-state index contributed by atoms with van der Waals surface area (Å²) in [6.45, 7) is -0.156. The van der Waals surface area contributed by atoms with E-state index < -0.39 is 24.0 Å². The first kappa shape index (κ1) is 22.5. The largest absolute Gasteiger partial charge is 0.396 e. The molecule has 0 radical (unpaired) electrons. The van der Waals surface area contributed by atoms with Crippen molar-refractivity contribution in [1.82, 2.24) is 25.1 Å². The molecule has 0 saturated heterocycles. The maximum Gasteiger partial charge on any atom is 0.396 e. The first-order valence-corrected chi connectivity index (χ1v) is 10.1. The lowest BCUT2D eigenvalue weighted by molar-refractivity contribution is -0.164. The normalized spacial score (nSPS) is 16.3. The fourth-order valence-corrected chi connectivity index (χ4v) is 3.40. The van der Waals surface area contributed by atoms with Crippen LogP contribution in [0.2, 0.25) is 0 Å². The molecule has 8 nitrogen and oxygen atoms in total. The molecule has 33 heavy (non-hydrogen) atoms. The number of halogens is 3. The molecule has 2 atom stereocenters. The minimum absolute atomic E-state index is 0.0262. The third-order valence-electron chi connectivity index (χ3n) is 5.15. The average molecular weight is 458 g/mol. The molecule has 1 aliphatic heterocycles. The Kier molecular flexibility index (Phi) is 6.40. The fraction of sp³-hybridized carbons (Fsp3) is 0.273. The summed E-state index contributed by atoms with van der Waals surface area (Å²) in [7, 11) is 0. The van der Waals surface area contributed by atoms with E-state index in [-0.39, 0.29) is 42.8 Å². The molecule has 0 spiro atoms. The van der Waals surface area contributed by atoms with Gasteiger partial charge in [0.1, 0.15) is 11.9 Å². The summed E-state index contributed by atoms with van der Waals surface area (Å²) in [5.74, 6) is -1.46. The second-order valence-corrected chi connectivity index (χ2v) is 7.53. The number of anilines is 1. The summed E-state index contributed by atoms with van der Waals surface area (Å²) in [6, 6.07) is 11.5. The van der Waals surface area contributed by atoms with Crippen LogP contribution in [0.4, 0.5) is 19.0 Å². The minimum atomic E-state index is -4.41. The molecule has 172 valence electrons. The molecule has 2 aromatic heterocycles. The van der Waals surface area contributed by atoms with Crippen molar-refractivity contribution >= 4 is 17.8 Å². The van der Waals surface area contributed by atoms with Crippen molar-refractivity contribution in [2.45, 2.75) is 25.4 Å². The highest BCUT2D eigenvalue weighted by molar-refractivity contribution is 5.94. The number of nitrogens with one attached hydrogen (secondary N) is 1. The lowest BCUT2D eigenvalue weighted by Gasteiger charge is -2.25. The van der Waals surface area contributed by atoms with Crippen molar-refractivity contribution in [3.63, 3.8) is 0 Å². The third kappa shape index (κ3) is 5.37. The molecule has 3 N–H and O–H groups in total. The van der Waals surface area contributed by atoms with Gasteiger partial charge in [0, 0.05) is 12.7 Å². The third-order valence-corrected chi connectivity index (χ3v) is 5.15. The predicted octanol–water partition coefficient (Wildman–Crippen LogP) is 3.15. The number of hydrogen-bond donors (Lipinski definition) is 2.